The Bertz CT molecular complexity index is 547. The highest BCUT2D eigenvalue weighted by molar-refractivity contribution is 7.98. The Kier molecular flexibility index (Phi) is 3.24. The van der Waals surface area contributed by atoms with Gasteiger partial charge in [-0.05, 0) is 34.8 Å². The molecule has 0 nitrogen and oxygen atoms in total. The van der Waals surface area contributed by atoms with Crippen LogP contribution in [0.25, 0.3) is 5.57 Å². The molecule has 1 heterocycles. The Morgan fingerprint density at radius 2 is 1.72 bits per heavy atom. The summed E-state index contributed by atoms with van der Waals surface area (Å²) in [6.45, 7) is 2.20. The second-order valence-electron chi connectivity index (χ2n) is 4.47. The van der Waals surface area contributed by atoms with E-state index in [-0.39, 0.29) is 0 Å². The van der Waals surface area contributed by atoms with Gasteiger partial charge in [0.05, 0.1) is 0 Å². The van der Waals surface area contributed by atoms with E-state index in [0.717, 1.165) is 12.2 Å². The molecular weight excluding hydrogens is 236 g/mol. The maximum Gasteiger partial charge on any atom is 0.0238 e. The highest BCUT2D eigenvalue weighted by Gasteiger charge is 2.16. The van der Waals surface area contributed by atoms with E-state index in [1.54, 1.807) is 0 Å². The molecule has 0 unspecified atom stereocenters. The van der Waals surface area contributed by atoms with Crippen molar-refractivity contribution in [2.24, 2.45) is 0 Å². The molecule has 3 rings (SSSR count). The molecule has 0 amide bonds. The largest absolute Gasteiger partial charge is 0.121 e. The first-order valence-electron chi connectivity index (χ1n) is 6.41. The molecule has 0 saturated heterocycles. The zero-order chi connectivity index (χ0) is 12.4. The lowest BCUT2D eigenvalue weighted by Crippen LogP contribution is -1.91. The Hall–Kier alpha value is -1.47. The van der Waals surface area contributed by atoms with Gasteiger partial charge >= 0.3 is 0 Å². The second kappa shape index (κ2) is 5.03. The molecule has 0 bridgehead atoms. The highest BCUT2D eigenvalue weighted by Crippen LogP contribution is 2.39. The number of hydrogen-bond donors (Lipinski definition) is 0. The summed E-state index contributed by atoms with van der Waals surface area (Å²) in [5.41, 5.74) is 5.62. The van der Waals surface area contributed by atoms with Gasteiger partial charge in [-0.2, -0.15) is 0 Å². The summed E-state index contributed by atoms with van der Waals surface area (Å²) in [6.07, 6.45) is 3.42. The standard InChI is InChI=1S/C17H16S/c1-2-7-15-14-9-4-3-8-13(14)12-18-17-11-6-5-10-16(15)17/h3-11H,2,12H2,1H3. The van der Waals surface area contributed by atoms with Crippen LogP contribution < -0.4 is 0 Å². The van der Waals surface area contributed by atoms with Gasteiger partial charge in [0.1, 0.15) is 0 Å². The van der Waals surface area contributed by atoms with Crippen molar-refractivity contribution < 1.29 is 0 Å². The molecule has 1 aliphatic rings. The number of thioether (sulfide) groups is 1. The molecule has 0 saturated carbocycles. The molecule has 0 N–H and O–H groups in total. The van der Waals surface area contributed by atoms with Crippen LogP contribution in [-0.4, -0.2) is 0 Å². The van der Waals surface area contributed by atoms with E-state index in [1.807, 2.05) is 11.8 Å². The molecule has 0 aliphatic carbocycles. The third kappa shape index (κ3) is 1.99. The topological polar surface area (TPSA) is 0 Å². The fraction of sp³-hybridized carbons (Fsp3) is 0.176. The molecule has 0 radical (unpaired) electrons. The van der Waals surface area contributed by atoms with Gasteiger partial charge in [-0.3, -0.25) is 0 Å². The minimum absolute atomic E-state index is 1.06. The van der Waals surface area contributed by atoms with Crippen molar-refractivity contribution in [2.45, 2.75) is 24.0 Å². The first-order chi connectivity index (χ1) is 8.90. The smallest absolute Gasteiger partial charge is 0.0238 e. The van der Waals surface area contributed by atoms with Crippen molar-refractivity contribution in [1.29, 1.82) is 0 Å². The SMILES string of the molecule is CCC=C1c2ccccc2CSc2ccccc21. The van der Waals surface area contributed by atoms with Crippen molar-refractivity contribution in [2.75, 3.05) is 0 Å². The third-order valence-corrected chi connectivity index (χ3v) is 4.40. The summed E-state index contributed by atoms with van der Waals surface area (Å²) >= 11 is 1.94. The zero-order valence-electron chi connectivity index (χ0n) is 10.5. The van der Waals surface area contributed by atoms with Crippen molar-refractivity contribution >= 4 is 17.3 Å². The minimum Gasteiger partial charge on any atom is -0.121 e. The normalized spacial score (nSPS) is 15.9. The van der Waals surface area contributed by atoms with E-state index in [2.05, 4.69) is 61.5 Å². The quantitative estimate of drug-likeness (QED) is 0.677. The molecule has 0 aromatic heterocycles. The average molecular weight is 252 g/mol. The lowest BCUT2D eigenvalue weighted by Gasteiger charge is -2.10. The van der Waals surface area contributed by atoms with Crippen molar-refractivity contribution in [1.82, 2.24) is 0 Å². The third-order valence-electron chi connectivity index (χ3n) is 3.28. The van der Waals surface area contributed by atoms with Gasteiger partial charge in [0, 0.05) is 10.6 Å². The summed E-state index contributed by atoms with van der Waals surface area (Å²) in [7, 11) is 0. The fourth-order valence-electron chi connectivity index (χ4n) is 2.45. The van der Waals surface area contributed by atoms with Gasteiger partial charge in [-0.1, -0.05) is 55.5 Å². The maximum atomic E-state index is 2.35. The molecule has 2 aromatic rings. The molecule has 18 heavy (non-hydrogen) atoms. The number of benzene rings is 2. The van der Waals surface area contributed by atoms with Crippen LogP contribution in [-0.2, 0) is 5.75 Å². The predicted molar refractivity (Wildman–Crippen MR) is 79.8 cm³/mol. The summed E-state index contributed by atoms with van der Waals surface area (Å²) in [5, 5.41) is 0. The van der Waals surface area contributed by atoms with E-state index in [9.17, 15) is 0 Å². The predicted octanol–water partition coefficient (Wildman–Crippen LogP) is 5.13. The number of allylic oxidation sites excluding steroid dienone is 1. The van der Waals surface area contributed by atoms with Crippen LogP contribution >= 0.6 is 11.8 Å². The van der Waals surface area contributed by atoms with Crippen molar-refractivity contribution in [3.05, 3.63) is 71.3 Å². The van der Waals surface area contributed by atoms with Crippen molar-refractivity contribution in [3.63, 3.8) is 0 Å². The van der Waals surface area contributed by atoms with Crippen molar-refractivity contribution in [3.8, 4) is 0 Å². The summed E-state index contributed by atoms with van der Waals surface area (Å²) < 4.78 is 0. The summed E-state index contributed by atoms with van der Waals surface area (Å²) in [4.78, 5) is 1.40. The van der Waals surface area contributed by atoms with Gasteiger partial charge in [0.25, 0.3) is 0 Å². The Morgan fingerprint density at radius 3 is 2.56 bits per heavy atom. The lowest BCUT2D eigenvalue weighted by atomic mass is 9.94. The van der Waals surface area contributed by atoms with Gasteiger partial charge in [0.15, 0.2) is 0 Å². The van der Waals surface area contributed by atoms with Crippen LogP contribution in [0.4, 0.5) is 0 Å². The lowest BCUT2D eigenvalue weighted by molar-refractivity contribution is 1.22. The zero-order valence-corrected chi connectivity index (χ0v) is 11.3. The van der Waals surface area contributed by atoms with Crippen LogP contribution in [0.2, 0.25) is 0 Å². The van der Waals surface area contributed by atoms with Crippen LogP contribution in [0.5, 0.6) is 0 Å². The Balaban J connectivity index is 2.25. The van der Waals surface area contributed by atoms with Crippen LogP contribution in [0.15, 0.2) is 59.5 Å². The Morgan fingerprint density at radius 1 is 1.00 bits per heavy atom. The molecule has 0 spiro atoms. The van der Waals surface area contributed by atoms with Gasteiger partial charge < -0.3 is 0 Å². The summed E-state index contributed by atoms with van der Waals surface area (Å²) in [5.74, 6) is 1.06. The van der Waals surface area contributed by atoms with E-state index in [0.29, 0.717) is 0 Å². The van der Waals surface area contributed by atoms with Crippen LogP contribution in [0, 0.1) is 0 Å². The second-order valence-corrected chi connectivity index (χ2v) is 5.49. The maximum absolute atomic E-state index is 2.35. The van der Waals surface area contributed by atoms with E-state index in [4.69, 9.17) is 0 Å². The first-order valence-corrected chi connectivity index (χ1v) is 7.39. The molecule has 0 fully saturated rings. The van der Waals surface area contributed by atoms with Crippen LogP contribution in [0.1, 0.15) is 30.0 Å². The van der Waals surface area contributed by atoms with Gasteiger partial charge in [0.2, 0.25) is 0 Å². The molecule has 1 heteroatoms. The minimum atomic E-state index is 1.06. The molecular formula is C17H16S. The van der Waals surface area contributed by atoms with E-state index < -0.39 is 0 Å². The van der Waals surface area contributed by atoms with E-state index >= 15 is 0 Å². The van der Waals surface area contributed by atoms with Crippen LogP contribution in [0.3, 0.4) is 0 Å². The molecule has 90 valence electrons. The van der Waals surface area contributed by atoms with Gasteiger partial charge in [-0.15, -0.1) is 11.8 Å². The monoisotopic (exact) mass is 252 g/mol. The highest BCUT2D eigenvalue weighted by atomic mass is 32.2. The number of hydrogen-bond acceptors (Lipinski definition) is 1. The average Bonchev–Trinajstić information content (AvgIpc) is 2.58. The molecule has 0 atom stereocenters. The molecule has 1 aliphatic heterocycles. The molecule has 2 aromatic carbocycles. The Labute approximate surface area is 113 Å². The van der Waals surface area contributed by atoms with Gasteiger partial charge in [-0.25, -0.2) is 0 Å². The number of rotatable bonds is 1. The van der Waals surface area contributed by atoms with E-state index in [1.165, 1.54) is 27.2 Å². The number of fused-ring (bicyclic) bond motifs is 2. The summed E-state index contributed by atoms with van der Waals surface area (Å²) in [6, 6.07) is 17.5. The first kappa shape index (κ1) is 11.6. The fourth-order valence-corrected chi connectivity index (χ4v) is 3.52.